The van der Waals surface area contributed by atoms with Gasteiger partial charge in [-0.2, -0.15) is 0 Å². The highest BCUT2D eigenvalue weighted by molar-refractivity contribution is 4.81. The van der Waals surface area contributed by atoms with Crippen molar-refractivity contribution >= 4 is 0 Å². The first-order chi connectivity index (χ1) is 7.15. The highest BCUT2D eigenvalue weighted by atomic mass is 16.7. The van der Waals surface area contributed by atoms with E-state index in [1.165, 1.54) is 0 Å². The Hall–Kier alpha value is -0.380. The van der Waals surface area contributed by atoms with Crippen molar-refractivity contribution in [3.8, 4) is 0 Å². The molecule has 0 saturated heterocycles. The van der Waals surface area contributed by atoms with Crippen molar-refractivity contribution in [3.63, 3.8) is 0 Å². The van der Waals surface area contributed by atoms with Gasteiger partial charge in [-0.05, 0) is 33.1 Å². The normalized spacial score (nSPS) is 17.9. The number of allylic oxidation sites excluding steroid dienone is 2. The highest BCUT2D eigenvalue weighted by Crippen LogP contribution is 2.14. The molecule has 0 aliphatic rings. The van der Waals surface area contributed by atoms with Crippen molar-refractivity contribution in [2.24, 2.45) is 5.92 Å². The van der Waals surface area contributed by atoms with Crippen LogP contribution in [0.15, 0.2) is 12.2 Å². The summed E-state index contributed by atoms with van der Waals surface area (Å²) in [6.45, 7) is 8.51. The number of rotatable bonds is 8. The second kappa shape index (κ2) is 8.89. The second-order valence-electron chi connectivity index (χ2n) is 3.66. The average molecular weight is 216 g/mol. The van der Waals surface area contributed by atoms with Crippen LogP contribution in [0, 0.1) is 5.92 Å². The van der Waals surface area contributed by atoms with Crippen molar-refractivity contribution in [2.45, 2.75) is 46.5 Å². The Kier molecular flexibility index (Phi) is 8.67. The summed E-state index contributed by atoms with van der Waals surface area (Å²) in [5.41, 5.74) is 0. The summed E-state index contributed by atoms with van der Waals surface area (Å²) in [6.07, 6.45) is 4.61. The Morgan fingerprint density at radius 1 is 1.33 bits per heavy atom. The minimum Gasteiger partial charge on any atom is -0.394 e. The van der Waals surface area contributed by atoms with E-state index in [1.54, 1.807) is 0 Å². The largest absolute Gasteiger partial charge is 0.394 e. The van der Waals surface area contributed by atoms with Crippen molar-refractivity contribution in [1.29, 1.82) is 0 Å². The lowest BCUT2D eigenvalue weighted by molar-refractivity contribution is -0.177. The first kappa shape index (κ1) is 14.6. The first-order valence-electron chi connectivity index (χ1n) is 5.64. The molecule has 0 aliphatic heterocycles. The average Bonchev–Trinajstić information content (AvgIpc) is 2.22. The maximum atomic E-state index is 9.21. The van der Waals surface area contributed by atoms with Crippen molar-refractivity contribution in [1.82, 2.24) is 0 Å². The van der Waals surface area contributed by atoms with E-state index in [2.05, 4.69) is 13.0 Å². The molecule has 0 bridgehead atoms. The summed E-state index contributed by atoms with van der Waals surface area (Å²) >= 11 is 0. The standard InChI is InChI=1S/C12H24O3/c1-5-7-8-10(3)12(9-13)15-11(4)14-6-2/h5,7,10-13H,6,8-9H2,1-4H3/b7-5+/t10-,11?,12+/m1/s1. The van der Waals surface area contributed by atoms with Crippen LogP contribution < -0.4 is 0 Å². The molecule has 0 spiro atoms. The summed E-state index contributed by atoms with van der Waals surface area (Å²) in [7, 11) is 0. The summed E-state index contributed by atoms with van der Waals surface area (Å²) in [6, 6.07) is 0. The first-order valence-corrected chi connectivity index (χ1v) is 5.64. The molecule has 0 fully saturated rings. The van der Waals surface area contributed by atoms with Crippen LogP contribution in [0.4, 0.5) is 0 Å². The van der Waals surface area contributed by atoms with Gasteiger partial charge in [0.2, 0.25) is 0 Å². The highest BCUT2D eigenvalue weighted by Gasteiger charge is 2.18. The van der Waals surface area contributed by atoms with Crippen LogP contribution in [0.2, 0.25) is 0 Å². The molecule has 0 aromatic rings. The van der Waals surface area contributed by atoms with Gasteiger partial charge in [-0.1, -0.05) is 19.1 Å². The second-order valence-corrected chi connectivity index (χ2v) is 3.66. The lowest BCUT2D eigenvalue weighted by atomic mass is 10.0. The van der Waals surface area contributed by atoms with E-state index >= 15 is 0 Å². The van der Waals surface area contributed by atoms with Crippen LogP contribution in [-0.4, -0.2) is 30.7 Å². The molecule has 0 rings (SSSR count). The van der Waals surface area contributed by atoms with Gasteiger partial charge in [-0.3, -0.25) is 0 Å². The van der Waals surface area contributed by atoms with Crippen molar-refractivity contribution in [2.75, 3.05) is 13.2 Å². The lowest BCUT2D eigenvalue weighted by Gasteiger charge is -2.25. The molecular weight excluding hydrogens is 192 g/mol. The Bertz CT molecular complexity index is 168. The SMILES string of the molecule is C/C=C/C[C@@H](C)[C@H](CO)OC(C)OCC. The summed E-state index contributed by atoms with van der Waals surface area (Å²) in [5, 5.41) is 9.21. The van der Waals surface area contributed by atoms with Crippen molar-refractivity contribution < 1.29 is 14.6 Å². The predicted octanol–water partition coefficient (Wildman–Crippen LogP) is 2.35. The van der Waals surface area contributed by atoms with Gasteiger partial charge in [-0.25, -0.2) is 0 Å². The van der Waals surface area contributed by atoms with Crippen LogP contribution in [0.5, 0.6) is 0 Å². The smallest absolute Gasteiger partial charge is 0.155 e. The quantitative estimate of drug-likeness (QED) is 0.500. The topological polar surface area (TPSA) is 38.7 Å². The Labute approximate surface area is 93.1 Å². The van der Waals surface area contributed by atoms with Gasteiger partial charge in [0.15, 0.2) is 6.29 Å². The van der Waals surface area contributed by atoms with Crippen LogP contribution in [0.1, 0.15) is 34.1 Å². The number of hydrogen-bond acceptors (Lipinski definition) is 3. The van der Waals surface area contributed by atoms with E-state index in [4.69, 9.17) is 9.47 Å². The molecule has 90 valence electrons. The maximum absolute atomic E-state index is 9.21. The van der Waals surface area contributed by atoms with E-state index in [1.807, 2.05) is 26.8 Å². The number of hydrogen-bond donors (Lipinski definition) is 1. The molecule has 3 atom stereocenters. The summed E-state index contributed by atoms with van der Waals surface area (Å²) in [5.74, 6) is 0.300. The van der Waals surface area contributed by atoms with Gasteiger partial charge in [0.25, 0.3) is 0 Å². The summed E-state index contributed by atoms with van der Waals surface area (Å²) in [4.78, 5) is 0. The zero-order valence-electron chi connectivity index (χ0n) is 10.3. The minimum absolute atomic E-state index is 0.0378. The van der Waals surface area contributed by atoms with Gasteiger partial charge in [-0.15, -0.1) is 0 Å². The molecule has 1 N–H and O–H groups in total. The van der Waals surface area contributed by atoms with Crippen LogP contribution >= 0.6 is 0 Å². The van der Waals surface area contributed by atoms with Gasteiger partial charge in [0, 0.05) is 6.61 Å². The lowest BCUT2D eigenvalue weighted by Crippen LogP contribution is -2.30. The fraction of sp³-hybridized carbons (Fsp3) is 0.833. The molecule has 0 aliphatic carbocycles. The minimum atomic E-state index is -0.250. The van der Waals surface area contributed by atoms with Crippen LogP contribution in [0.25, 0.3) is 0 Å². The van der Waals surface area contributed by atoms with E-state index in [0.29, 0.717) is 12.5 Å². The molecular formula is C12H24O3. The molecule has 0 radical (unpaired) electrons. The zero-order chi connectivity index (χ0) is 11.7. The van der Waals surface area contributed by atoms with Gasteiger partial charge < -0.3 is 14.6 Å². The number of aliphatic hydroxyl groups is 1. The third-order valence-electron chi connectivity index (χ3n) is 2.33. The van der Waals surface area contributed by atoms with E-state index < -0.39 is 0 Å². The molecule has 0 aromatic carbocycles. The Morgan fingerprint density at radius 3 is 2.47 bits per heavy atom. The number of aliphatic hydroxyl groups excluding tert-OH is 1. The number of ether oxygens (including phenoxy) is 2. The third-order valence-corrected chi connectivity index (χ3v) is 2.33. The van der Waals surface area contributed by atoms with Gasteiger partial charge in [0.1, 0.15) is 0 Å². The van der Waals surface area contributed by atoms with Gasteiger partial charge >= 0.3 is 0 Å². The van der Waals surface area contributed by atoms with E-state index in [0.717, 1.165) is 6.42 Å². The molecule has 3 heteroatoms. The van der Waals surface area contributed by atoms with Gasteiger partial charge in [0.05, 0.1) is 12.7 Å². The Balaban J connectivity index is 3.98. The maximum Gasteiger partial charge on any atom is 0.155 e. The monoisotopic (exact) mass is 216 g/mol. The molecule has 15 heavy (non-hydrogen) atoms. The fourth-order valence-electron chi connectivity index (χ4n) is 1.38. The molecule has 3 nitrogen and oxygen atoms in total. The Morgan fingerprint density at radius 2 is 2.00 bits per heavy atom. The molecule has 0 heterocycles. The third kappa shape index (κ3) is 6.66. The van der Waals surface area contributed by atoms with E-state index in [-0.39, 0.29) is 19.0 Å². The summed E-state index contributed by atoms with van der Waals surface area (Å²) < 4.78 is 10.9. The van der Waals surface area contributed by atoms with Crippen LogP contribution in [-0.2, 0) is 9.47 Å². The molecule has 0 amide bonds. The predicted molar refractivity (Wildman–Crippen MR) is 61.6 cm³/mol. The molecule has 0 saturated carbocycles. The van der Waals surface area contributed by atoms with Crippen LogP contribution in [0.3, 0.4) is 0 Å². The molecule has 0 aromatic heterocycles. The van der Waals surface area contributed by atoms with E-state index in [9.17, 15) is 5.11 Å². The molecule has 1 unspecified atom stereocenters. The zero-order valence-corrected chi connectivity index (χ0v) is 10.3. The van der Waals surface area contributed by atoms with Crippen molar-refractivity contribution in [3.05, 3.63) is 12.2 Å². The fourth-order valence-corrected chi connectivity index (χ4v) is 1.38.